The lowest BCUT2D eigenvalue weighted by atomic mass is 9.99. The predicted molar refractivity (Wildman–Crippen MR) is 58.4 cm³/mol. The number of carbonyl (C=O) groups is 1. The van der Waals surface area contributed by atoms with Gasteiger partial charge in [-0.1, -0.05) is 6.07 Å². The molecule has 1 aromatic rings. The van der Waals surface area contributed by atoms with Gasteiger partial charge in [-0.2, -0.15) is 5.26 Å². The Kier molecular flexibility index (Phi) is 2.93. The fourth-order valence-corrected chi connectivity index (χ4v) is 1.70. The highest BCUT2D eigenvalue weighted by atomic mass is 16.5. The maximum absolute atomic E-state index is 11.2. The number of carboxylic acids is 1. The van der Waals surface area contributed by atoms with Crippen LogP contribution in [0, 0.1) is 11.3 Å². The van der Waals surface area contributed by atoms with Crippen LogP contribution in [0.1, 0.15) is 12.1 Å². The second-order valence-electron chi connectivity index (χ2n) is 3.83. The van der Waals surface area contributed by atoms with Gasteiger partial charge in [0.2, 0.25) is 0 Å². The van der Waals surface area contributed by atoms with Crippen LogP contribution >= 0.6 is 0 Å². The number of aliphatic carboxylic acids is 1. The summed E-state index contributed by atoms with van der Waals surface area (Å²) in [6.45, 7) is 0.498. The summed E-state index contributed by atoms with van der Waals surface area (Å²) in [7, 11) is 0. The zero-order chi connectivity index (χ0) is 12.3. The van der Waals surface area contributed by atoms with Crippen LogP contribution in [-0.4, -0.2) is 34.8 Å². The van der Waals surface area contributed by atoms with Gasteiger partial charge in [-0.05, 0) is 12.1 Å². The van der Waals surface area contributed by atoms with Crippen LogP contribution in [0.3, 0.4) is 0 Å². The fraction of sp³-hybridized carbons (Fsp3) is 0.364. The minimum absolute atomic E-state index is 0.0980. The molecule has 6 nitrogen and oxygen atoms in total. The Bertz CT molecular complexity index is 475. The highest BCUT2D eigenvalue weighted by molar-refractivity contribution is 5.83. The van der Waals surface area contributed by atoms with E-state index in [1.54, 1.807) is 18.2 Å². The summed E-state index contributed by atoms with van der Waals surface area (Å²) in [4.78, 5) is 15.2. The summed E-state index contributed by atoms with van der Waals surface area (Å²) in [5.74, 6) is -0.601. The number of nitriles is 1. The van der Waals surface area contributed by atoms with E-state index in [9.17, 15) is 9.90 Å². The molecule has 0 saturated carbocycles. The minimum atomic E-state index is -1.14. The van der Waals surface area contributed by atoms with E-state index in [0.29, 0.717) is 18.8 Å². The van der Waals surface area contributed by atoms with E-state index in [1.807, 2.05) is 6.07 Å². The number of rotatable bonds is 3. The van der Waals surface area contributed by atoms with Crippen molar-refractivity contribution in [1.82, 2.24) is 4.98 Å². The van der Waals surface area contributed by atoms with Crippen LogP contribution in [0.15, 0.2) is 18.2 Å². The van der Waals surface area contributed by atoms with Gasteiger partial charge in [0.05, 0.1) is 6.61 Å². The van der Waals surface area contributed by atoms with Gasteiger partial charge in [0, 0.05) is 13.0 Å². The smallest absolute Gasteiger partial charge is 0.331 e. The van der Waals surface area contributed by atoms with Crippen LogP contribution in [0.5, 0.6) is 0 Å². The normalized spacial score (nSPS) is 23.0. The second-order valence-corrected chi connectivity index (χ2v) is 3.83. The number of anilines is 1. The third-order valence-electron chi connectivity index (χ3n) is 2.66. The standard InChI is InChI=1S/C11H11N3O3/c12-6-8-2-1-3-9(13-8)14-11(10(15)16)4-5-17-7-11/h1-3H,4-5,7H2,(H,13,14)(H,15,16). The molecule has 6 heteroatoms. The van der Waals surface area contributed by atoms with E-state index in [4.69, 9.17) is 10.00 Å². The van der Waals surface area contributed by atoms with Gasteiger partial charge >= 0.3 is 5.97 Å². The van der Waals surface area contributed by atoms with Crippen molar-refractivity contribution < 1.29 is 14.6 Å². The molecule has 1 atom stereocenters. The second kappa shape index (κ2) is 4.39. The molecule has 2 heterocycles. The highest BCUT2D eigenvalue weighted by Gasteiger charge is 2.42. The molecule has 2 rings (SSSR count). The molecule has 0 aromatic carbocycles. The summed E-state index contributed by atoms with van der Waals surface area (Å²) in [5, 5.41) is 20.8. The van der Waals surface area contributed by atoms with E-state index in [1.165, 1.54) is 0 Å². The summed E-state index contributed by atoms with van der Waals surface area (Å²) >= 11 is 0. The molecular formula is C11H11N3O3. The predicted octanol–water partition coefficient (Wildman–Crippen LogP) is 0.609. The number of nitrogens with zero attached hydrogens (tertiary/aromatic N) is 2. The van der Waals surface area contributed by atoms with Crippen molar-refractivity contribution in [2.75, 3.05) is 18.5 Å². The van der Waals surface area contributed by atoms with Crippen molar-refractivity contribution in [3.63, 3.8) is 0 Å². The first-order chi connectivity index (χ1) is 8.16. The maximum atomic E-state index is 11.2. The maximum Gasteiger partial charge on any atom is 0.331 e. The lowest BCUT2D eigenvalue weighted by molar-refractivity contribution is -0.142. The van der Waals surface area contributed by atoms with Gasteiger partial charge in [-0.25, -0.2) is 9.78 Å². The topological polar surface area (TPSA) is 95.2 Å². The minimum Gasteiger partial charge on any atom is -0.479 e. The molecule has 88 valence electrons. The summed E-state index contributed by atoms with van der Waals surface area (Å²) in [6, 6.07) is 6.74. The first kappa shape index (κ1) is 11.4. The monoisotopic (exact) mass is 233 g/mol. The van der Waals surface area contributed by atoms with E-state index in [-0.39, 0.29) is 12.3 Å². The van der Waals surface area contributed by atoms with Crippen LogP contribution in [-0.2, 0) is 9.53 Å². The molecule has 0 aliphatic carbocycles. The van der Waals surface area contributed by atoms with Gasteiger partial charge < -0.3 is 15.2 Å². The fourth-order valence-electron chi connectivity index (χ4n) is 1.70. The average molecular weight is 233 g/mol. The van der Waals surface area contributed by atoms with Crippen molar-refractivity contribution >= 4 is 11.8 Å². The summed E-state index contributed by atoms with van der Waals surface area (Å²) < 4.78 is 5.11. The number of pyridine rings is 1. The molecule has 1 unspecified atom stereocenters. The first-order valence-electron chi connectivity index (χ1n) is 5.13. The molecule has 1 saturated heterocycles. The summed E-state index contributed by atoms with van der Waals surface area (Å²) in [6.07, 6.45) is 0.376. The largest absolute Gasteiger partial charge is 0.479 e. The lowest BCUT2D eigenvalue weighted by Gasteiger charge is -2.24. The van der Waals surface area contributed by atoms with Crippen molar-refractivity contribution in [2.24, 2.45) is 0 Å². The molecule has 0 spiro atoms. The number of hydrogen-bond donors (Lipinski definition) is 2. The Hall–Kier alpha value is -2.13. The molecule has 1 aliphatic heterocycles. The highest BCUT2D eigenvalue weighted by Crippen LogP contribution is 2.23. The summed E-state index contributed by atoms with van der Waals surface area (Å²) in [5.41, 5.74) is -0.893. The molecular weight excluding hydrogens is 222 g/mol. The van der Waals surface area contributed by atoms with Crippen LogP contribution in [0.4, 0.5) is 5.82 Å². The lowest BCUT2D eigenvalue weighted by Crippen LogP contribution is -2.47. The zero-order valence-corrected chi connectivity index (χ0v) is 9.01. The van der Waals surface area contributed by atoms with Crippen molar-refractivity contribution in [1.29, 1.82) is 5.26 Å². The van der Waals surface area contributed by atoms with Crippen molar-refractivity contribution in [3.8, 4) is 6.07 Å². The molecule has 0 amide bonds. The van der Waals surface area contributed by atoms with Gasteiger partial charge in [0.1, 0.15) is 17.6 Å². The van der Waals surface area contributed by atoms with E-state index < -0.39 is 11.5 Å². The van der Waals surface area contributed by atoms with Crippen LogP contribution < -0.4 is 5.32 Å². The molecule has 0 radical (unpaired) electrons. The molecule has 1 aliphatic rings. The molecule has 1 aromatic heterocycles. The van der Waals surface area contributed by atoms with Gasteiger partial charge in [-0.15, -0.1) is 0 Å². The van der Waals surface area contributed by atoms with Crippen LogP contribution in [0.25, 0.3) is 0 Å². The SMILES string of the molecule is N#Cc1cccc(NC2(C(=O)O)CCOC2)n1. The van der Waals surface area contributed by atoms with Gasteiger partial charge in [0.25, 0.3) is 0 Å². The number of hydrogen-bond acceptors (Lipinski definition) is 5. The van der Waals surface area contributed by atoms with Crippen molar-refractivity contribution in [2.45, 2.75) is 12.0 Å². The Balaban J connectivity index is 2.24. The third-order valence-corrected chi connectivity index (χ3v) is 2.66. The Labute approximate surface area is 97.8 Å². The molecule has 1 fully saturated rings. The van der Waals surface area contributed by atoms with Gasteiger partial charge in [0.15, 0.2) is 5.54 Å². The molecule has 17 heavy (non-hydrogen) atoms. The van der Waals surface area contributed by atoms with Crippen LogP contribution in [0.2, 0.25) is 0 Å². The third kappa shape index (κ3) is 2.19. The Morgan fingerprint density at radius 2 is 2.47 bits per heavy atom. The number of nitrogens with one attached hydrogen (secondary N) is 1. The molecule has 0 bridgehead atoms. The Morgan fingerprint density at radius 1 is 1.65 bits per heavy atom. The van der Waals surface area contributed by atoms with E-state index in [0.717, 1.165) is 0 Å². The average Bonchev–Trinajstić information content (AvgIpc) is 2.79. The Morgan fingerprint density at radius 3 is 3.06 bits per heavy atom. The van der Waals surface area contributed by atoms with E-state index >= 15 is 0 Å². The number of carboxylic acid groups (broad SMARTS) is 1. The number of ether oxygens (including phenoxy) is 1. The quantitative estimate of drug-likeness (QED) is 0.794. The first-order valence-corrected chi connectivity index (χ1v) is 5.13. The zero-order valence-electron chi connectivity index (χ0n) is 9.01. The number of aromatic nitrogens is 1. The van der Waals surface area contributed by atoms with Crippen molar-refractivity contribution in [3.05, 3.63) is 23.9 Å². The van der Waals surface area contributed by atoms with Gasteiger partial charge in [-0.3, -0.25) is 0 Å². The molecule has 2 N–H and O–H groups in total. The van der Waals surface area contributed by atoms with E-state index in [2.05, 4.69) is 10.3 Å².